The van der Waals surface area contributed by atoms with Crippen LogP contribution in [0.1, 0.15) is 30.1 Å². The Morgan fingerprint density at radius 2 is 1.64 bits per heavy atom. The number of halogens is 2. The van der Waals surface area contributed by atoms with Gasteiger partial charge in [0.05, 0.1) is 5.56 Å². The van der Waals surface area contributed by atoms with Crippen molar-refractivity contribution in [1.29, 1.82) is 0 Å². The van der Waals surface area contributed by atoms with Crippen molar-refractivity contribution in [3.05, 3.63) is 71.8 Å². The number of carbonyl (C=O) groups excluding carboxylic acids is 2. The second kappa shape index (κ2) is 8.73. The predicted octanol–water partition coefficient (Wildman–Crippen LogP) is 4.45. The van der Waals surface area contributed by atoms with Crippen molar-refractivity contribution in [2.45, 2.75) is 19.8 Å². The zero-order valence-electron chi connectivity index (χ0n) is 13.5. The molecule has 0 aliphatic heterocycles. The standard InChI is InChI=1S/C19H16F2O4/c1-2-3-4-5-18(22)24-14-8-6-13(7-9-14)19(23)25-15-10-11-16(20)17(21)12-15/h4-12H,2-3H2,1H3/b5-4+. The van der Waals surface area contributed by atoms with Gasteiger partial charge in [-0.2, -0.15) is 0 Å². The SMILES string of the molecule is CCC/C=C/C(=O)Oc1ccc(C(=O)Oc2ccc(F)c(F)c2)cc1. The largest absolute Gasteiger partial charge is 0.423 e. The average Bonchev–Trinajstić information content (AvgIpc) is 2.59. The quantitative estimate of drug-likeness (QED) is 0.441. The van der Waals surface area contributed by atoms with Gasteiger partial charge in [-0.25, -0.2) is 18.4 Å². The predicted molar refractivity (Wildman–Crippen MR) is 87.4 cm³/mol. The van der Waals surface area contributed by atoms with Crippen molar-refractivity contribution in [3.63, 3.8) is 0 Å². The molecule has 0 aromatic heterocycles. The van der Waals surface area contributed by atoms with Crippen molar-refractivity contribution in [2.24, 2.45) is 0 Å². The van der Waals surface area contributed by atoms with Gasteiger partial charge in [0.1, 0.15) is 11.5 Å². The van der Waals surface area contributed by atoms with Crippen LogP contribution in [-0.2, 0) is 4.79 Å². The fourth-order valence-corrected chi connectivity index (χ4v) is 1.86. The lowest BCUT2D eigenvalue weighted by molar-refractivity contribution is -0.129. The van der Waals surface area contributed by atoms with Crippen molar-refractivity contribution < 1.29 is 27.8 Å². The number of unbranched alkanes of at least 4 members (excludes halogenated alkanes) is 1. The van der Waals surface area contributed by atoms with Crippen LogP contribution in [-0.4, -0.2) is 11.9 Å². The Bertz CT molecular complexity index is 783. The summed E-state index contributed by atoms with van der Waals surface area (Å²) in [6.45, 7) is 1.99. The number of hydrogen-bond acceptors (Lipinski definition) is 4. The molecule has 0 aliphatic carbocycles. The third kappa shape index (κ3) is 5.53. The topological polar surface area (TPSA) is 52.6 Å². The number of hydrogen-bond donors (Lipinski definition) is 0. The first-order valence-electron chi connectivity index (χ1n) is 7.65. The third-order valence-corrected chi connectivity index (χ3v) is 3.12. The van der Waals surface area contributed by atoms with Gasteiger partial charge in [0.15, 0.2) is 11.6 Å². The summed E-state index contributed by atoms with van der Waals surface area (Å²) in [6, 6.07) is 8.48. The Balaban J connectivity index is 1.97. The Hall–Kier alpha value is -3.02. The van der Waals surface area contributed by atoms with Gasteiger partial charge in [0.2, 0.25) is 0 Å². The van der Waals surface area contributed by atoms with Crippen LogP contribution in [0.2, 0.25) is 0 Å². The highest BCUT2D eigenvalue weighted by Crippen LogP contribution is 2.18. The number of allylic oxidation sites excluding steroid dienone is 1. The van der Waals surface area contributed by atoms with E-state index in [1.807, 2.05) is 6.92 Å². The maximum Gasteiger partial charge on any atom is 0.343 e. The van der Waals surface area contributed by atoms with E-state index in [0.29, 0.717) is 0 Å². The monoisotopic (exact) mass is 346 g/mol. The minimum absolute atomic E-state index is 0.111. The summed E-state index contributed by atoms with van der Waals surface area (Å²) in [5.74, 6) is -3.23. The van der Waals surface area contributed by atoms with Crippen molar-refractivity contribution >= 4 is 11.9 Å². The number of carbonyl (C=O) groups is 2. The van der Waals surface area contributed by atoms with Crippen LogP contribution in [0.5, 0.6) is 11.5 Å². The van der Waals surface area contributed by atoms with Gasteiger partial charge in [-0.1, -0.05) is 19.4 Å². The minimum atomic E-state index is -1.11. The smallest absolute Gasteiger partial charge is 0.343 e. The molecule has 6 heteroatoms. The van der Waals surface area contributed by atoms with Gasteiger partial charge in [-0.15, -0.1) is 0 Å². The van der Waals surface area contributed by atoms with E-state index in [4.69, 9.17) is 9.47 Å². The van der Waals surface area contributed by atoms with E-state index in [9.17, 15) is 18.4 Å². The molecule has 0 heterocycles. The summed E-state index contributed by atoms with van der Waals surface area (Å²) in [6.07, 6.45) is 4.77. The fourth-order valence-electron chi connectivity index (χ4n) is 1.86. The van der Waals surface area contributed by atoms with E-state index in [1.54, 1.807) is 6.08 Å². The summed E-state index contributed by atoms with van der Waals surface area (Å²) in [4.78, 5) is 23.5. The van der Waals surface area contributed by atoms with Crippen LogP contribution < -0.4 is 9.47 Å². The summed E-state index contributed by atoms with van der Waals surface area (Å²) < 4.78 is 36.0. The zero-order chi connectivity index (χ0) is 18.2. The first-order valence-corrected chi connectivity index (χ1v) is 7.65. The Morgan fingerprint density at radius 3 is 2.28 bits per heavy atom. The maximum absolute atomic E-state index is 13.1. The Morgan fingerprint density at radius 1 is 0.960 bits per heavy atom. The lowest BCUT2D eigenvalue weighted by Crippen LogP contribution is -2.09. The van der Waals surface area contributed by atoms with Crippen LogP contribution in [0.25, 0.3) is 0 Å². The number of benzene rings is 2. The molecule has 0 saturated carbocycles. The molecule has 0 aliphatic rings. The number of esters is 2. The Kier molecular flexibility index (Phi) is 6.39. The molecule has 130 valence electrons. The molecule has 0 unspecified atom stereocenters. The summed E-state index contributed by atoms with van der Waals surface area (Å²) in [7, 11) is 0. The molecule has 2 aromatic carbocycles. The van der Waals surface area contributed by atoms with Crippen molar-refractivity contribution in [3.8, 4) is 11.5 Å². The molecular weight excluding hydrogens is 330 g/mol. The minimum Gasteiger partial charge on any atom is -0.423 e. The van der Waals surface area contributed by atoms with Gasteiger partial charge in [0, 0.05) is 12.1 Å². The second-order valence-corrected chi connectivity index (χ2v) is 5.10. The molecule has 0 N–H and O–H groups in total. The van der Waals surface area contributed by atoms with Gasteiger partial charge in [-0.3, -0.25) is 0 Å². The van der Waals surface area contributed by atoms with Crippen LogP contribution >= 0.6 is 0 Å². The molecule has 25 heavy (non-hydrogen) atoms. The molecule has 0 bridgehead atoms. The average molecular weight is 346 g/mol. The number of ether oxygens (including phenoxy) is 2. The molecule has 4 nitrogen and oxygen atoms in total. The third-order valence-electron chi connectivity index (χ3n) is 3.12. The summed E-state index contributed by atoms with van der Waals surface area (Å²) in [5.41, 5.74) is 0.172. The van der Waals surface area contributed by atoms with Crippen LogP contribution in [0.4, 0.5) is 8.78 Å². The molecule has 0 atom stereocenters. The van der Waals surface area contributed by atoms with E-state index < -0.39 is 23.6 Å². The fraction of sp³-hybridized carbons (Fsp3) is 0.158. The Labute approximate surface area is 143 Å². The molecule has 0 amide bonds. The van der Waals surface area contributed by atoms with E-state index in [1.165, 1.54) is 30.3 Å². The highest BCUT2D eigenvalue weighted by atomic mass is 19.2. The van der Waals surface area contributed by atoms with E-state index in [-0.39, 0.29) is 17.1 Å². The van der Waals surface area contributed by atoms with Gasteiger partial charge < -0.3 is 9.47 Å². The second-order valence-electron chi connectivity index (χ2n) is 5.10. The number of rotatable bonds is 6. The zero-order valence-corrected chi connectivity index (χ0v) is 13.5. The highest BCUT2D eigenvalue weighted by molar-refractivity contribution is 5.91. The summed E-state index contributed by atoms with van der Waals surface area (Å²) in [5, 5.41) is 0. The van der Waals surface area contributed by atoms with E-state index >= 15 is 0 Å². The lowest BCUT2D eigenvalue weighted by Gasteiger charge is -2.06. The van der Waals surface area contributed by atoms with Crippen molar-refractivity contribution in [2.75, 3.05) is 0 Å². The molecule has 0 spiro atoms. The van der Waals surface area contributed by atoms with Gasteiger partial charge in [0.25, 0.3) is 0 Å². The van der Waals surface area contributed by atoms with E-state index in [2.05, 4.69) is 0 Å². The lowest BCUT2D eigenvalue weighted by atomic mass is 10.2. The first kappa shape index (κ1) is 18.3. The molecule has 2 rings (SSSR count). The first-order chi connectivity index (χ1) is 12.0. The van der Waals surface area contributed by atoms with E-state index in [0.717, 1.165) is 31.0 Å². The molecule has 0 saturated heterocycles. The van der Waals surface area contributed by atoms with Crippen LogP contribution in [0.3, 0.4) is 0 Å². The van der Waals surface area contributed by atoms with Crippen LogP contribution in [0, 0.1) is 11.6 Å². The molecule has 0 radical (unpaired) electrons. The molecule has 0 fully saturated rings. The molecular formula is C19H16F2O4. The summed E-state index contributed by atoms with van der Waals surface area (Å²) >= 11 is 0. The normalized spacial score (nSPS) is 10.7. The molecule has 2 aromatic rings. The maximum atomic E-state index is 13.1. The van der Waals surface area contributed by atoms with Gasteiger partial charge in [-0.05, 0) is 42.8 Å². The van der Waals surface area contributed by atoms with Crippen molar-refractivity contribution in [1.82, 2.24) is 0 Å². The highest BCUT2D eigenvalue weighted by Gasteiger charge is 2.11. The van der Waals surface area contributed by atoms with Gasteiger partial charge >= 0.3 is 11.9 Å². The van der Waals surface area contributed by atoms with Crippen LogP contribution in [0.15, 0.2) is 54.6 Å².